The summed E-state index contributed by atoms with van der Waals surface area (Å²) in [6, 6.07) is 0. The summed E-state index contributed by atoms with van der Waals surface area (Å²) in [5.74, 6) is 0. The smallest absolute Gasteiger partial charge is 0 e. The first-order valence-corrected chi connectivity index (χ1v) is 5.14. The molecule has 0 aromatic rings. The van der Waals surface area contributed by atoms with Gasteiger partial charge in [-0.3, -0.25) is 0 Å². The van der Waals surface area contributed by atoms with E-state index in [0.29, 0.717) is 0 Å². The maximum absolute atomic E-state index is 7.26. The van der Waals surface area contributed by atoms with Crippen molar-refractivity contribution in [3.05, 3.63) is 0 Å². The molecule has 0 aromatic heterocycles. The first kappa shape index (κ1) is 36.2. The van der Waals surface area contributed by atoms with Gasteiger partial charge in [0.25, 0.3) is 0 Å². The Morgan fingerprint density at radius 2 is 0.571 bits per heavy atom. The largest absolute Gasteiger partial charge is 0 e. The number of nitrogens with zero attached hydrogens (tertiary/aromatic N) is 4. The van der Waals surface area contributed by atoms with Crippen molar-refractivity contribution in [3.63, 3.8) is 0 Å². The summed E-state index contributed by atoms with van der Waals surface area (Å²) < 4.78 is 0. The van der Waals surface area contributed by atoms with Gasteiger partial charge in [0.2, 0.25) is 0 Å². The first-order chi connectivity index (χ1) is 5.66. The van der Waals surface area contributed by atoms with Crippen LogP contribution in [0.4, 0.5) is 0 Å². The minimum absolute atomic E-state index is 0. The molecule has 0 spiro atoms. The summed E-state index contributed by atoms with van der Waals surface area (Å²) in [4.78, 5) is 6.50. The van der Waals surface area contributed by atoms with Crippen LogP contribution < -0.4 is 0 Å². The molecule has 0 N–H and O–H groups in total. The molecule has 10 heteroatoms. The van der Waals surface area contributed by atoms with Gasteiger partial charge in [-0.15, -0.1) is 0 Å². The number of hydrogen-bond donors (Lipinski definition) is 0. The molecule has 0 atom stereocenters. The van der Waals surface area contributed by atoms with Crippen molar-refractivity contribution in [2.45, 2.75) is 0 Å². The van der Waals surface area contributed by atoms with Gasteiger partial charge in [-0.2, -0.15) is 0 Å². The van der Waals surface area contributed by atoms with Gasteiger partial charge >= 0.3 is 105 Å². The van der Waals surface area contributed by atoms with Crippen LogP contribution in [0.1, 0.15) is 0 Å². The quantitative estimate of drug-likeness (QED) is 0.349. The molecule has 0 aliphatic heterocycles. The predicted molar refractivity (Wildman–Crippen MR) is 45.5 cm³/mol. The van der Waals surface area contributed by atoms with Gasteiger partial charge in [-0.25, -0.2) is 0 Å². The zero-order chi connectivity index (χ0) is 10.8. The second-order valence-corrected chi connectivity index (χ2v) is 1.90. The minimum Gasteiger partial charge on any atom is 0 e. The van der Waals surface area contributed by atoms with Crippen LogP contribution in [0.3, 0.4) is 0 Å². The molecule has 0 aliphatic carbocycles. The summed E-state index contributed by atoms with van der Waals surface area (Å²) in [5, 5.41) is 29.1. The van der Waals surface area contributed by atoms with E-state index in [4.69, 9.17) is 21.0 Å². The Hall–Kier alpha value is 1.15. The molecule has 0 saturated heterocycles. The average molecular weight is 544 g/mol. The van der Waals surface area contributed by atoms with Crippen molar-refractivity contribution < 1.29 is 36.0 Å². The molecule has 4 nitrogen and oxygen atoms in total. The first-order valence-electron chi connectivity index (χ1n) is 1.71. The Bertz CT molecular complexity index is 163. The monoisotopic (exact) mass is 546 g/mol. The van der Waals surface area contributed by atoms with E-state index >= 15 is 0 Å². The molecule has 0 amide bonds. The summed E-state index contributed by atoms with van der Waals surface area (Å²) in [7, 11) is 0. The Balaban J connectivity index is -0.0000000145. The van der Waals surface area contributed by atoms with Crippen molar-refractivity contribution in [1.29, 1.82) is 21.0 Å². The second kappa shape index (κ2) is 92.2. The van der Waals surface area contributed by atoms with Crippen molar-refractivity contribution in [2.75, 3.05) is 0 Å². The van der Waals surface area contributed by atoms with Crippen molar-refractivity contribution in [3.8, 4) is 19.9 Å². The Kier molecular flexibility index (Phi) is 239. The van der Waals surface area contributed by atoms with Crippen molar-refractivity contribution >= 4 is 64.1 Å². The van der Waals surface area contributed by atoms with Gasteiger partial charge < -0.3 is 0 Å². The molecule has 0 saturated carbocycles. The maximum Gasteiger partial charge on any atom is 0 e. The molecule has 0 bridgehead atoms. The van der Waals surface area contributed by atoms with Crippen LogP contribution >= 0.6 is 0 Å². The fraction of sp³-hybridized carbons (Fsp3) is 0. The molecule has 0 aliphatic rings. The van der Waals surface area contributed by atoms with E-state index in [0.717, 1.165) is 0 Å². The molecule has 72 valence electrons. The topological polar surface area (TPSA) is 95.2 Å². The van der Waals surface area contributed by atoms with Crippen LogP contribution in [0.5, 0.6) is 0 Å². The summed E-state index contributed by atoms with van der Waals surface area (Å²) >= 11 is 8.44. The van der Waals surface area contributed by atoms with Crippen LogP contribution in [-0.2, 0) is 36.0 Å². The average Bonchev–Trinajstić information content (AvgIpc) is 1.92. The molecule has 0 heterocycles. The number of nitriles is 4. The van der Waals surface area contributed by atoms with Crippen molar-refractivity contribution in [2.24, 2.45) is 0 Å². The number of hydrogen-bond acceptors (Lipinski definition) is 4. The third-order valence-corrected chi connectivity index (χ3v) is 0. The Morgan fingerprint density at radius 3 is 0.571 bits per heavy atom. The minimum atomic E-state index is 0. The van der Waals surface area contributed by atoms with E-state index in [1.807, 2.05) is 0 Å². The van der Waals surface area contributed by atoms with Gasteiger partial charge in [0.1, 0.15) is 0 Å². The zero-order valence-corrected chi connectivity index (χ0v) is 17.3. The molecule has 4 radical (unpaired) electrons. The zero-order valence-electron chi connectivity index (χ0n) is 6.45. The number of rotatable bonds is 0. The standard InChI is InChI=1S/4CNSe.Ni.Zn/c4*2-1-3;;. The predicted octanol–water partition coefficient (Wildman–Crippen LogP) is -1.46. The second-order valence-electron chi connectivity index (χ2n) is 0.365. The molecular formula is C4N4NiSe4Zn. The summed E-state index contributed by atoms with van der Waals surface area (Å²) in [6.45, 7) is 0. The maximum atomic E-state index is 7.26. The van der Waals surface area contributed by atoms with Crippen LogP contribution in [-0.4, -0.2) is 64.1 Å². The van der Waals surface area contributed by atoms with E-state index < -0.39 is 0 Å². The fourth-order valence-corrected chi connectivity index (χ4v) is 0. The van der Waals surface area contributed by atoms with Gasteiger partial charge in [0.15, 0.2) is 0 Å². The van der Waals surface area contributed by atoms with E-state index in [1.54, 1.807) is 19.9 Å². The summed E-state index contributed by atoms with van der Waals surface area (Å²) in [6.07, 6.45) is 0. The molecule has 0 unspecified atom stereocenters. The van der Waals surface area contributed by atoms with Crippen molar-refractivity contribution in [1.82, 2.24) is 0 Å². The molecule has 14 heavy (non-hydrogen) atoms. The summed E-state index contributed by atoms with van der Waals surface area (Å²) in [5.41, 5.74) is 0. The third-order valence-electron chi connectivity index (χ3n) is 0. The Labute approximate surface area is 139 Å². The molecular weight excluding hydrogens is 544 g/mol. The molecule has 0 rings (SSSR count). The Morgan fingerprint density at radius 1 is 0.571 bits per heavy atom. The van der Waals surface area contributed by atoms with Gasteiger partial charge in [0, 0.05) is 36.0 Å². The van der Waals surface area contributed by atoms with E-state index in [1.165, 1.54) is 0 Å². The van der Waals surface area contributed by atoms with E-state index in [9.17, 15) is 0 Å². The van der Waals surface area contributed by atoms with Gasteiger partial charge in [0.05, 0.1) is 0 Å². The fourth-order valence-electron chi connectivity index (χ4n) is 0. The third kappa shape index (κ3) is 1460. The van der Waals surface area contributed by atoms with Crippen LogP contribution in [0, 0.1) is 40.9 Å². The van der Waals surface area contributed by atoms with Gasteiger partial charge in [-0.05, 0) is 0 Å². The van der Waals surface area contributed by atoms with E-state index in [2.05, 4.69) is 64.1 Å². The SMILES string of the molecule is N#C[Se].N#C[Se].N#C[Se].N#C[Se].[Ni].[Zn]. The van der Waals surface area contributed by atoms with E-state index in [-0.39, 0.29) is 36.0 Å². The van der Waals surface area contributed by atoms with Gasteiger partial charge in [-0.1, -0.05) is 0 Å². The van der Waals surface area contributed by atoms with Crippen LogP contribution in [0.2, 0.25) is 0 Å². The van der Waals surface area contributed by atoms with Crippen LogP contribution in [0.25, 0.3) is 0 Å². The molecule has 0 aromatic carbocycles. The molecule has 0 fully saturated rings. The normalized spacial score (nSPS) is 2.00. The van der Waals surface area contributed by atoms with Crippen LogP contribution in [0.15, 0.2) is 0 Å².